The van der Waals surface area contributed by atoms with Crippen molar-refractivity contribution in [2.75, 3.05) is 11.5 Å². The summed E-state index contributed by atoms with van der Waals surface area (Å²) in [5.74, 6) is -1.04. The number of carbonyl (C=O) groups is 2. The van der Waals surface area contributed by atoms with Gasteiger partial charge in [0, 0.05) is 0 Å². The van der Waals surface area contributed by atoms with Crippen LogP contribution < -0.4 is 11.5 Å². The number of likely N-dealkylation sites (tertiary alicyclic amines) is 1. The zero-order chi connectivity index (χ0) is 14.3. The molecule has 4 N–H and O–H groups in total. The van der Waals surface area contributed by atoms with E-state index in [9.17, 15) is 9.59 Å². The fraction of sp³-hybridized carbons (Fsp3) is 0.200. The van der Waals surface area contributed by atoms with Crippen molar-refractivity contribution in [1.82, 2.24) is 4.90 Å². The lowest BCUT2D eigenvalue weighted by Gasteiger charge is -2.15. The summed E-state index contributed by atoms with van der Waals surface area (Å²) < 4.78 is 0. The molecular weight excluding hydrogens is 254 g/mol. The third kappa shape index (κ3) is 1.87. The standard InChI is InChI=1S/C15H15N3O2/c16-12-6-5-9(7-13(12)17)8-18-14(19)10-3-1-2-4-11(10)15(18)20/h1-7,10-11H,8,16-17H2. The van der Waals surface area contributed by atoms with Gasteiger partial charge in [0.15, 0.2) is 0 Å². The van der Waals surface area contributed by atoms with Crippen molar-refractivity contribution in [2.24, 2.45) is 11.8 Å². The van der Waals surface area contributed by atoms with Gasteiger partial charge in [-0.1, -0.05) is 30.4 Å². The Morgan fingerprint density at radius 1 is 0.950 bits per heavy atom. The molecule has 0 radical (unpaired) electrons. The van der Waals surface area contributed by atoms with Crippen molar-refractivity contribution in [3.05, 3.63) is 48.1 Å². The number of hydrogen-bond donors (Lipinski definition) is 2. The largest absolute Gasteiger partial charge is 0.397 e. The van der Waals surface area contributed by atoms with Crippen LogP contribution in [0.3, 0.4) is 0 Å². The minimum atomic E-state index is -0.362. The van der Waals surface area contributed by atoms with Gasteiger partial charge in [0.25, 0.3) is 0 Å². The van der Waals surface area contributed by atoms with Crippen LogP contribution in [-0.2, 0) is 16.1 Å². The van der Waals surface area contributed by atoms with E-state index < -0.39 is 0 Å². The summed E-state index contributed by atoms with van der Waals surface area (Å²) in [4.78, 5) is 25.8. The lowest BCUT2D eigenvalue weighted by Crippen LogP contribution is -2.30. The Bertz CT molecular complexity index is 619. The molecule has 1 fully saturated rings. The second-order valence-corrected chi connectivity index (χ2v) is 5.05. The molecule has 2 atom stereocenters. The van der Waals surface area contributed by atoms with Crippen LogP contribution in [0, 0.1) is 11.8 Å². The molecule has 5 nitrogen and oxygen atoms in total. The van der Waals surface area contributed by atoms with E-state index in [1.807, 2.05) is 0 Å². The van der Waals surface area contributed by atoms with E-state index in [1.165, 1.54) is 4.90 Å². The number of benzene rings is 1. The maximum absolute atomic E-state index is 12.3. The summed E-state index contributed by atoms with van der Waals surface area (Å²) in [6, 6.07) is 5.16. The number of hydrogen-bond acceptors (Lipinski definition) is 4. The van der Waals surface area contributed by atoms with E-state index in [0.717, 1.165) is 5.56 Å². The van der Waals surface area contributed by atoms with Gasteiger partial charge >= 0.3 is 0 Å². The second-order valence-electron chi connectivity index (χ2n) is 5.05. The van der Waals surface area contributed by atoms with Gasteiger partial charge in [-0.15, -0.1) is 0 Å². The molecule has 5 heteroatoms. The molecule has 1 aromatic rings. The van der Waals surface area contributed by atoms with Gasteiger partial charge < -0.3 is 11.5 Å². The van der Waals surface area contributed by atoms with Crippen molar-refractivity contribution in [3.8, 4) is 0 Å². The lowest BCUT2D eigenvalue weighted by molar-refractivity contribution is -0.140. The molecule has 1 heterocycles. The lowest BCUT2D eigenvalue weighted by atomic mass is 9.91. The Kier molecular flexibility index (Phi) is 2.82. The normalized spacial score (nSPS) is 24.3. The Labute approximate surface area is 116 Å². The quantitative estimate of drug-likeness (QED) is 0.621. The molecule has 2 aliphatic rings. The molecule has 0 bridgehead atoms. The van der Waals surface area contributed by atoms with E-state index in [-0.39, 0.29) is 30.2 Å². The number of rotatable bonds is 2. The molecule has 20 heavy (non-hydrogen) atoms. The molecule has 3 rings (SSSR count). The first-order chi connectivity index (χ1) is 9.58. The molecule has 2 amide bonds. The van der Waals surface area contributed by atoms with Crippen LogP contribution in [0.15, 0.2) is 42.5 Å². The van der Waals surface area contributed by atoms with Crippen LogP contribution in [0.1, 0.15) is 5.56 Å². The number of amides is 2. The highest BCUT2D eigenvalue weighted by Gasteiger charge is 2.45. The van der Waals surface area contributed by atoms with E-state index in [0.29, 0.717) is 11.4 Å². The number of allylic oxidation sites excluding steroid dienone is 2. The van der Waals surface area contributed by atoms with Crippen LogP contribution in [0.4, 0.5) is 11.4 Å². The summed E-state index contributed by atoms with van der Waals surface area (Å²) in [6.07, 6.45) is 7.17. The molecule has 102 valence electrons. The molecule has 0 saturated carbocycles. The van der Waals surface area contributed by atoms with E-state index in [4.69, 9.17) is 11.5 Å². The molecule has 2 unspecified atom stereocenters. The number of nitrogen functional groups attached to an aromatic ring is 2. The summed E-state index contributed by atoms with van der Waals surface area (Å²) in [7, 11) is 0. The van der Waals surface area contributed by atoms with Gasteiger partial charge in [-0.25, -0.2) is 0 Å². The molecular formula is C15H15N3O2. The van der Waals surface area contributed by atoms with Crippen molar-refractivity contribution in [3.63, 3.8) is 0 Å². The first-order valence-electron chi connectivity index (χ1n) is 6.42. The second kappa shape index (κ2) is 4.52. The highest BCUT2D eigenvalue weighted by molar-refractivity contribution is 6.07. The number of imide groups is 1. The van der Waals surface area contributed by atoms with E-state index in [2.05, 4.69) is 0 Å². The summed E-state index contributed by atoms with van der Waals surface area (Å²) >= 11 is 0. The smallest absolute Gasteiger partial charge is 0.237 e. The average molecular weight is 269 g/mol. The number of anilines is 2. The van der Waals surface area contributed by atoms with Gasteiger partial charge in [0.2, 0.25) is 11.8 Å². The Morgan fingerprint density at radius 2 is 1.55 bits per heavy atom. The molecule has 1 aliphatic carbocycles. The van der Waals surface area contributed by atoms with E-state index >= 15 is 0 Å². The maximum atomic E-state index is 12.3. The third-order valence-electron chi connectivity index (χ3n) is 3.73. The Morgan fingerprint density at radius 3 is 2.10 bits per heavy atom. The maximum Gasteiger partial charge on any atom is 0.237 e. The fourth-order valence-corrected chi connectivity index (χ4v) is 2.61. The third-order valence-corrected chi connectivity index (χ3v) is 3.73. The number of fused-ring (bicyclic) bond motifs is 1. The van der Waals surface area contributed by atoms with Crippen LogP contribution in [-0.4, -0.2) is 16.7 Å². The van der Waals surface area contributed by atoms with Crippen molar-refractivity contribution in [1.29, 1.82) is 0 Å². The monoisotopic (exact) mass is 269 g/mol. The fourth-order valence-electron chi connectivity index (χ4n) is 2.61. The summed E-state index contributed by atoms with van der Waals surface area (Å²) in [5.41, 5.74) is 13.1. The molecule has 0 spiro atoms. The number of nitrogens with two attached hydrogens (primary N) is 2. The summed E-state index contributed by atoms with van der Waals surface area (Å²) in [5, 5.41) is 0. The molecule has 0 aromatic heterocycles. The van der Waals surface area contributed by atoms with Crippen LogP contribution >= 0.6 is 0 Å². The minimum Gasteiger partial charge on any atom is -0.397 e. The Balaban J connectivity index is 1.85. The van der Waals surface area contributed by atoms with Crippen molar-refractivity contribution >= 4 is 23.2 Å². The molecule has 1 aliphatic heterocycles. The van der Waals surface area contributed by atoms with Gasteiger partial charge in [-0.3, -0.25) is 14.5 Å². The first-order valence-corrected chi connectivity index (χ1v) is 6.42. The summed E-state index contributed by atoms with van der Waals surface area (Å²) in [6.45, 7) is 0.233. The SMILES string of the molecule is Nc1ccc(CN2C(=O)C3C=CC=CC3C2=O)cc1N. The van der Waals surface area contributed by atoms with Crippen molar-refractivity contribution < 1.29 is 9.59 Å². The number of carbonyl (C=O) groups excluding carboxylic acids is 2. The first kappa shape index (κ1) is 12.5. The highest BCUT2D eigenvalue weighted by Crippen LogP contribution is 2.32. The zero-order valence-electron chi connectivity index (χ0n) is 10.8. The van der Waals surface area contributed by atoms with Crippen LogP contribution in [0.2, 0.25) is 0 Å². The Hall–Kier alpha value is -2.56. The topological polar surface area (TPSA) is 89.4 Å². The minimum absolute atomic E-state index is 0.156. The molecule has 1 aromatic carbocycles. The average Bonchev–Trinajstić information content (AvgIpc) is 2.69. The van der Waals surface area contributed by atoms with Gasteiger partial charge in [-0.2, -0.15) is 0 Å². The van der Waals surface area contributed by atoms with Gasteiger partial charge in [0.05, 0.1) is 29.8 Å². The molecule has 1 saturated heterocycles. The number of nitrogens with zero attached hydrogens (tertiary/aromatic N) is 1. The zero-order valence-corrected chi connectivity index (χ0v) is 10.8. The van der Waals surface area contributed by atoms with Crippen LogP contribution in [0.5, 0.6) is 0 Å². The van der Waals surface area contributed by atoms with E-state index in [1.54, 1.807) is 42.5 Å². The van der Waals surface area contributed by atoms with Crippen LogP contribution in [0.25, 0.3) is 0 Å². The van der Waals surface area contributed by atoms with Gasteiger partial charge in [0.1, 0.15) is 0 Å². The van der Waals surface area contributed by atoms with Gasteiger partial charge in [-0.05, 0) is 17.7 Å². The predicted octanol–water partition coefficient (Wildman–Crippen LogP) is 1.08. The highest BCUT2D eigenvalue weighted by atomic mass is 16.2. The van der Waals surface area contributed by atoms with Crippen molar-refractivity contribution in [2.45, 2.75) is 6.54 Å². The predicted molar refractivity (Wildman–Crippen MR) is 76.1 cm³/mol.